The summed E-state index contributed by atoms with van der Waals surface area (Å²) in [4.78, 5) is 18.8. The van der Waals surface area contributed by atoms with Crippen molar-refractivity contribution >= 4 is 23.3 Å². The molecule has 0 bridgehead atoms. The molecule has 2 aromatic heterocycles. The maximum atomic E-state index is 12.9. The van der Waals surface area contributed by atoms with E-state index in [0.717, 1.165) is 44.7 Å². The smallest absolute Gasteiger partial charge is 0.247 e. The Labute approximate surface area is 152 Å². The van der Waals surface area contributed by atoms with Gasteiger partial charge in [-0.05, 0) is 80.5 Å². The number of amides is 1. The van der Waals surface area contributed by atoms with Gasteiger partial charge in [-0.3, -0.25) is 4.79 Å². The van der Waals surface area contributed by atoms with Crippen molar-refractivity contribution in [3.63, 3.8) is 0 Å². The molecule has 2 aliphatic heterocycles. The van der Waals surface area contributed by atoms with Crippen molar-refractivity contribution in [1.82, 2.24) is 9.80 Å². The SMILES string of the molecule is CN1CCC(C2c3sccc3CCN2C(=O)/C=C/c2ccco2)CC1. The fraction of sp³-hybridized carbons (Fsp3) is 0.450. The monoisotopic (exact) mass is 356 g/mol. The van der Waals surface area contributed by atoms with Gasteiger partial charge in [0.2, 0.25) is 5.91 Å². The van der Waals surface area contributed by atoms with E-state index in [2.05, 4.69) is 28.3 Å². The Kier molecular flexibility index (Phi) is 4.77. The molecule has 1 amide bonds. The van der Waals surface area contributed by atoms with E-state index in [1.165, 1.54) is 10.4 Å². The molecule has 0 aliphatic carbocycles. The van der Waals surface area contributed by atoms with Gasteiger partial charge in [0.25, 0.3) is 0 Å². The van der Waals surface area contributed by atoms with E-state index >= 15 is 0 Å². The van der Waals surface area contributed by atoms with Gasteiger partial charge in [-0.1, -0.05) is 0 Å². The molecule has 4 nitrogen and oxygen atoms in total. The molecule has 1 unspecified atom stereocenters. The number of piperidine rings is 1. The molecule has 0 spiro atoms. The summed E-state index contributed by atoms with van der Waals surface area (Å²) < 4.78 is 5.31. The van der Waals surface area contributed by atoms with Crippen LogP contribution < -0.4 is 0 Å². The number of likely N-dealkylation sites (tertiary alicyclic amines) is 1. The zero-order valence-electron chi connectivity index (χ0n) is 14.6. The summed E-state index contributed by atoms with van der Waals surface area (Å²) in [6.45, 7) is 3.04. The third kappa shape index (κ3) is 3.44. The molecule has 1 atom stereocenters. The Bertz CT molecular complexity index is 742. The van der Waals surface area contributed by atoms with Gasteiger partial charge in [-0.25, -0.2) is 0 Å². The Balaban J connectivity index is 1.58. The fourth-order valence-electron chi connectivity index (χ4n) is 4.03. The van der Waals surface area contributed by atoms with Crippen molar-refractivity contribution in [3.8, 4) is 0 Å². The number of carbonyl (C=O) groups is 1. The van der Waals surface area contributed by atoms with E-state index in [1.807, 2.05) is 23.5 Å². The standard InChI is InChI=1S/C20H24N2O2S/c1-21-10-6-15(7-11-21)19-20-16(9-14-25-20)8-12-22(19)18(23)5-4-17-3-2-13-24-17/h2-5,9,13-15,19H,6-8,10-12H2,1H3/b5-4+. The molecule has 1 fully saturated rings. The maximum Gasteiger partial charge on any atom is 0.247 e. The number of hydrogen-bond acceptors (Lipinski definition) is 4. The third-order valence-corrected chi connectivity index (χ3v) is 6.46. The lowest BCUT2D eigenvalue weighted by Gasteiger charge is -2.42. The summed E-state index contributed by atoms with van der Waals surface area (Å²) in [5, 5.41) is 2.18. The average Bonchev–Trinajstić information content (AvgIpc) is 3.31. The predicted molar refractivity (Wildman–Crippen MR) is 100 cm³/mol. The zero-order chi connectivity index (χ0) is 17.2. The Hall–Kier alpha value is -1.85. The average molecular weight is 356 g/mol. The lowest BCUT2D eigenvalue weighted by Crippen LogP contribution is -2.44. The maximum absolute atomic E-state index is 12.9. The van der Waals surface area contributed by atoms with Gasteiger partial charge in [-0.15, -0.1) is 11.3 Å². The van der Waals surface area contributed by atoms with E-state index < -0.39 is 0 Å². The first kappa shape index (κ1) is 16.6. The lowest BCUT2D eigenvalue weighted by molar-refractivity contribution is -0.130. The second-order valence-corrected chi connectivity index (χ2v) is 7.97. The van der Waals surface area contributed by atoms with Crippen molar-refractivity contribution < 1.29 is 9.21 Å². The van der Waals surface area contributed by atoms with Gasteiger partial charge in [0, 0.05) is 17.5 Å². The van der Waals surface area contributed by atoms with E-state index in [0.29, 0.717) is 5.92 Å². The summed E-state index contributed by atoms with van der Waals surface area (Å²) in [5.74, 6) is 1.37. The van der Waals surface area contributed by atoms with E-state index in [4.69, 9.17) is 4.42 Å². The summed E-state index contributed by atoms with van der Waals surface area (Å²) >= 11 is 1.81. The molecule has 2 aromatic rings. The minimum absolute atomic E-state index is 0.0966. The van der Waals surface area contributed by atoms with Gasteiger partial charge in [0.15, 0.2) is 0 Å². The molecule has 4 rings (SSSR count). The molecule has 1 saturated heterocycles. The van der Waals surface area contributed by atoms with Crippen LogP contribution in [-0.4, -0.2) is 42.4 Å². The first-order valence-corrected chi connectivity index (χ1v) is 9.87. The van der Waals surface area contributed by atoms with Crippen LogP contribution in [0.4, 0.5) is 0 Å². The summed E-state index contributed by atoms with van der Waals surface area (Å²) in [6, 6.07) is 6.17. The van der Waals surface area contributed by atoms with Crippen LogP contribution in [0.5, 0.6) is 0 Å². The largest absolute Gasteiger partial charge is 0.465 e. The van der Waals surface area contributed by atoms with Crippen molar-refractivity contribution in [2.24, 2.45) is 5.92 Å². The predicted octanol–water partition coefficient (Wildman–Crippen LogP) is 3.82. The Morgan fingerprint density at radius 2 is 2.12 bits per heavy atom. The normalized spacial score (nSPS) is 22.4. The molecule has 0 saturated carbocycles. The zero-order valence-corrected chi connectivity index (χ0v) is 15.4. The summed E-state index contributed by atoms with van der Waals surface area (Å²) in [6.07, 6.45) is 8.35. The number of rotatable bonds is 3. The van der Waals surface area contributed by atoms with Crippen LogP contribution in [0.15, 0.2) is 40.3 Å². The Morgan fingerprint density at radius 1 is 1.28 bits per heavy atom. The number of nitrogens with zero attached hydrogens (tertiary/aromatic N) is 2. The number of fused-ring (bicyclic) bond motifs is 1. The van der Waals surface area contributed by atoms with Gasteiger partial charge < -0.3 is 14.2 Å². The molecule has 5 heteroatoms. The second kappa shape index (κ2) is 7.18. The fourth-order valence-corrected chi connectivity index (χ4v) is 5.19. The van der Waals surface area contributed by atoms with Crippen LogP contribution in [-0.2, 0) is 11.2 Å². The molecule has 25 heavy (non-hydrogen) atoms. The van der Waals surface area contributed by atoms with Crippen LogP contribution >= 0.6 is 11.3 Å². The highest BCUT2D eigenvalue weighted by Gasteiger charge is 2.37. The summed E-state index contributed by atoms with van der Waals surface area (Å²) in [7, 11) is 2.18. The lowest BCUT2D eigenvalue weighted by atomic mass is 9.84. The topological polar surface area (TPSA) is 36.7 Å². The van der Waals surface area contributed by atoms with Gasteiger partial charge in [0.05, 0.1) is 12.3 Å². The molecular formula is C20H24N2O2S. The molecular weight excluding hydrogens is 332 g/mol. The van der Waals surface area contributed by atoms with E-state index in [9.17, 15) is 4.79 Å². The van der Waals surface area contributed by atoms with Crippen LogP contribution in [0.3, 0.4) is 0 Å². The second-order valence-electron chi connectivity index (χ2n) is 7.03. The minimum Gasteiger partial charge on any atom is -0.465 e. The molecule has 0 radical (unpaired) electrons. The van der Waals surface area contributed by atoms with E-state index in [1.54, 1.807) is 18.4 Å². The van der Waals surface area contributed by atoms with Crippen LogP contribution in [0.25, 0.3) is 6.08 Å². The van der Waals surface area contributed by atoms with Crippen molar-refractivity contribution in [1.29, 1.82) is 0 Å². The highest BCUT2D eigenvalue weighted by atomic mass is 32.1. The molecule has 4 heterocycles. The quantitative estimate of drug-likeness (QED) is 0.785. The van der Waals surface area contributed by atoms with Crippen LogP contribution in [0.1, 0.15) is 35.1 Å². The van der Waals surface area contributed by atoms with Gasteiger partial charge in [0.1, 0.15) is 5.76 Å². The van der Waals surface area contributed by atoms with Crippen LogP contribution in [0, 0.1) is 5.92 Å². The molecule has 2 aliphatic rings. The number of carbonyl (C=O) groups excluding carboxylic acids is 1. The molecule has 0 aromatic carbocycles. The first-order valence-electron chi connectivity index (χ1n) is 8.99. The van der Waals surface area contributed by atoms with Crippen molar-refractivity contribution in [2.45, 2.75) is 25.3 Å². The minimum atomic E-state index is 0.0966. The summed E-state index contributed by atoms with van der Waals surface area (Å²) in [5.41, 5.74) is 1.44. The van der Waals surface area contributed by atoms with Gasteiger partial charge in [-0.2, -0.15) is 0 Å². The highest BCUT2D eigenvalue weighted by molar-refractivity contribution is 7.10. The first-order chi connectivity index (χ1) is 12.2. The third-order valence-electron chi connectivity index (χ3n) is 5.43. The van der Waals surface area contributed by atoms with E-state index in [-0.39, 0.29) is 11.9 Å². The van der Waals surface area contributed by atoms with Crippen molar-refractivity contribution in [3.05, 3.63) is 52.1 Å². The number of thiophene rings is 1. The number of furan rings is 1. The Morgan fingerprint density at radius 3 is 2.88 bits per heavy atom. The molecule has 0 N–H and O–H groups in total. The molecule has 132 valence electrons. The van der Waals surface area contributed by atoms with Crippen LogP contribution in [0.2, 0.25) is 0 Å². The highest BCUT2D eigenvalue weighted by Crippen LogP contribution is 2.42. The van der Waals surface area contributed by atoms with Gasteiger partial charge >= 0.3 is 0 Å². The van der Waals surface area contributed by atoms with Crippen molar-refractivity contribution in [2.75, 3.05) is 26.7 Å². The number of hydrogen-bond donors (Lipinski definition) is 0.